The highest BCUT2D eigenvalue weighted by atomic mass is 16.3. The lowest BCUT2D eigenvalue weighted by Gasteiger charge is -2.26. The minimum atomic E-state index is 0.153. The monoisotopic (exact) mass is 196 g/mol. The number of hydrogen-bond acceptors (Lipinski definition) is 4. The third kappa shape index (κ3) is 2.46. The molecule has 0 amide bonds. The topological polar surface area (TPSA) is 64.2 Å². The van der Waals surface area contributed by atoms with E-state index in [4.69, 9.17) is 5.11 Å². The van der Waals surface area contributed by atoms with Gasteiger partial charge in [-0.3, -0.25) is 0 Å². The first kappa shape index (κ1) is 9.48. The van der Waals surface area contributed by atoms with E-state index in [0.717, 1.165) is 45.0 Å². The Hall–Kier alpha value is -1.07. The van der Waals surface area contributed by atoms with E-state index in [2.05, 4.69) is 20.2 Å². The molecule has 5 nitrogen and oxygen atoms in total. The van der Waals surface area contributed by atoms with Gasteiger partial charge in [-0.1, -0.05) is 0 Å². The quantitative estimate of drug-likeness (QED) is 0.613. The fourth-order valence-electron chi connectivity index (χ4n) is 1.68. The molecular weight excluding hydrogens is 180 g/mol. The SMILES string of the molecule is Oc1cnc(CCN2CCNCC2)[nH]1. The molecule has 0 bridgehead atoms. The molecule has 14 heavy (non-hydrogen) atoms. The molecule has 0 aliphatic carbocycles. The van der Waals surface area contributed by atoms with Gasteiger partial charge in [0.25, 0.3) is 0 Å². The molecule has 1 aliphatic rings. The summed E-state index contributed by atoms with van der Waals surface area (Å²) in [5.41, 5.74) is 0. The second-order valence-corrected chi connectivity index (χ2v) is 3.56. The van der Waals surface area contributed by atoms with Gasteiger partial charge in [0, 0.05) is 39.1 Å². The molecule has 0 unspecified atom stereocenters. The lowest BCUT2D eigenvalue weighted by atomic mass is 10.3. The van der Waals surface area contributed by atoms with Crippen LogP contribution in [0, 0.1) is 0 Å². The smallest absolute Gasteiger partial charge is 0.208 e. The Kier molecular flexibility index (Phi) is 3.00. The number of hydrogen-bond donors (Lipinski definition) is 3. The molecule has 0 spiro atoms. The van der Waals surface area contributed by atoms with Crippen LogP contribution in [0.15, 0.2) is 6.20 Å². The summed E-state index contributed by atoms with van der Waals surface area (Å²) in [5.74, 6) is 1.02. The van der Waals surface area contributed by atoms with Crippen molar-refractivity contribution in [3.05, 3.63) is 12.0 Å². The maximum absolute atomic E-state index is 9.05. The summed E-state index contributed by atoms with van der Waals surface area (Å²) >= 11 is 0. The summed E-state index contributed by atoms with van der Waals surface area (Å²) in [5, 5.41) is 12.4. The van der Waals surface area contributed by atoms with Gasteiger partial charge in [-0.05, 0) is 0 Å². The van der Waals surface area contributed by atoms with E-state index in [0.29, 0.717) is 0 Å². The van der Waals surface area contributed by atoms with Crippen molar-refractivity contribution in [2.45, 2.75) is 6.42 Å². The van der Waals surface area contributed by atoms with Gasteiger partial charge in [0.05, 0.1) is 6.20 Å². The highest BCUT2D eigenvalue weighted by molar-refractivity contribution is 5.04. The minimum absolute atomic E-state index is 0.153. The number of piperazine rings is 1. The number of aromatic hydroxyl groups is 1. The fourth-order valence-corrected chi connectivity index (χ4v) is 1.68. The Balaban J connectivity index is 1.76. The zero-order valence-corrected chi connectivity index (χ0v) is 8.16. The van der Waals surface area contributed by atoms with Gasteiger partial charge in [0.1, 0.15) is 5.82 Å². The third-order valence-electron chi connectivity index (χ3n) is 2.49. The minimum Gasteiger partial charge on any atom is -0.493 e. The highest BCUT2D eigenvalue weighted by Gasteiger charge is 2.09. The van der Waals surface area contributed by atoms with Crippen LogP contribution in [0.25, 0.3) is 0 Å². The normalized spacial score (nSPS) is 18.6. The van der Waals surface area contributed by atoms with E-state index in [1.807, 2.05) is 0 Å². The average molecular weight is 196 g/mol. The Bertz CT molecular complexity index is 280. The van der Waals surface area contributed by atoms with Crippen molar-refractivity contribution in [3.8, 4) is 5.88 Å². The summed E-state index contributed by atoms with van der Waals surface area (Å²) in [6.45, 7) is 5.36. The summed E-state index contributed by atoms with van der Waals surface area (Å²) in [4.78, 5) is 9.27. The molecule has 1 aromatic rings. The lowest BCUT2D eigenvalue weighted by molar-refractivity contribution is 0.242. The highest BCUT2D eigenvalue weighted by Crippen LogP contribution is 2.04. The number of H-pyrrole nitrogens is 1. The number of imidazole rings is 1. The van der Waals surface area contributed by atoms with E-state index in [1.165, 1.54) is 6.20 Å². The van der Waals surface area contributed by atoms with Gasteiger partial charge in [0.15, 0.2) is 0 Å². The summed E-state index contributed by atoms with van der Waals surface area (Å²) < 4.78 is 0. The molecule has 1 fully saturated rings. The maximum atomic E-state index is 9.05. The zero-order valence-electron chi connectivity index (χ0n) is 8.16. The largest absolute Gasteiger partial charge is 0.493 e. The Morgan fingerprint density at radius 1 is 1.43 bits per heavy atom. The number of nitrogens with one attached hydrogen (secondary N) is 2. The maximum Gasteiger partial charge on any atom is 0.208 e. The standard InChI is InChI=1S/C9H16N4O/c14-9-7-11-8(12-9)1-4-13-5-2-10-3-6-13/h7,10,14H,1-6H2,(H,11,12). The third-order valence-corrected chi connectivity index (χ3v) is 2.49. The van der Waals surface area contributed by atoms with Crippen LogP contribution in [-0.4, -0.2) is 52.7 Å². The Morgan fingerprint density at radius 2 is 2.21 bits per heavy atom. The van der Waals surface area contributed by atoms with Crippen molar-refractivity contribution < 1.29 is 5.11 Å². The first-order valence-corrected chi connectivity index (χ1v) is 5.00. The molecule has 0 saturated carbocycles. The number of rotatable bonds is 3. The summed E-state index contributed by atoms with van der Waals surface area (Å²) in [6.07, 6.45) is 2.33. The van der Waals surface area contributed by atoms with Crippen molar-refractivity contribution in [1.82, 2.24) is 20.2 Å². The van der Waals surface area contributed by atoms with Crippen molar-refractivity contribution in [3.63, 3.8) is 0 Å². The van der Waals surface area contributed by atoms with E-state index in [-0.39, 0.29) is 5.88 Å². The molecule has 1 aromatic heterocycles. The van der Waals surface area contributed by atoms with E-state index < -0.39 is 0 Å². The molecule has 78 valence electrons. The average Bonchev–Trinajstić information content (AvgIpc) is 2.63. The molecule has 1 saturated heterocycles. The summed E-state index contributed by atoms with van der Waals surface area (Å²) in [7, 11) is 0. The molecule has 2 heterocycles. The van der Waals surface area contributed by atoms with Gasteiger partial charge < -0.3 is 20.3 Å². The molecular formula is C9H16N4O. The number of aromatic nitrogens is 2. The number of nitrogens with zero attached hydrogens (tertiary/aromatic N) is 2. The predicted octanol–water partition coefficient (Wildman–Crippen LogP) is -0.437. The van der Waals surface area contributed by atoms with Gasteiger partial charge in [0.2, 0.25) is 5.88 Å². The Morgan fingerprint density at radius 3 is 2.86 bits per heavy atom. The number of aromatic amines is 1. The van der Waals surface area contributed by atoms with Gasteiger partial charge in [-0.25, -0.2) is 4.98 Å². The van der Waals surface area contributed by atoms with Crippen molar-refractivity contribution in [2.75, 3.05) is 32.7 Å². The van der Waals surface area contributed by atoms with Crippen LogP contribution in [0.5, 0.6) is 5.88 Å². The molecule has 0 aromatic carbocycles. The van der Waals surface area contributed by atoms with Crippen molar-refractivity contribution >= 4 is 0 Å². The molecule has 0 atom stereocenters. The second-order valence-electron chi connectivity index (χ2n) is 3.56. The molecule has 2 rings (SSSR count). The fraction of sp³-hybridized carbons (Fsp3) is 0.667. The zero-order chi connectivity index (χ0) is 9.80. The van der Waals surface area contributed by atoms with Crippen LogP contribution in [0.3, 0.4) is 0 Å². The predicted molar refractivity (Wildman–Crippen MR) is 53.3 cm³/mol. The Labute approximate surface area is 83.1 Å². The van der Waals surface area contributed by atoms with Crippen LogP contribution >= 0.6 is 0 Å². The second kappa shape index (κ2) is 4.43. The molecule has 3 N–H and O–H groups in total. The lowest BCUT2D eigenvalue weighted by Crippen LogP contribution is -2.44. The molecule has 0 radical (unpaired) electrons. The van der Waals surface area contributed by atoms with Gasteiger partial charge in [-0.2, -0.15) is 0 Å². The van der Waals surface area contributed by atoms with Crippen LogP contribution in [-0.2, 0) is 6.42 Å². The van der Waals surface area contributed by atoms with Gasteiger partial charge in [-0.15, -0.1) is 0 Å². The summed E-state index contributed by atoms with van der Waals surface area (Å²) in [6, 6.07) is 0. The van der Waals surface area contributed by atoms with Crippen LogP contribution < -0.4 is 5.32 Å². The first-order valence-electron chi connectivity index (χ1n) is 5.00. The van der Waals surface area contributed by atoms with Gasteiger partial charge >= 0.3 is 0 Å². The van der Waals surface area contributed by atoms with Crippen molar-refractivity contribution in [1.29, 1.82) is 0 Å². The van der Waals surface area contributed by atoms with E-state index >= 15 is 0 Å². The first-order chi connectivity index (χ1) is 6.84. The van der Waals surface area contributed by atoms with Crippen LogP contribution in [0.1, 0.15) is 5.82 Å². The van der Waals surface area contributed by atoms with E-state index in [1.54, 1.807) is 0 Å². The van der Waals surface area contributed by atoms with Crippen molar-refractivity contribution in [2.24, 2.45) is 0 Å². The molecule has 1 aliphatic heterocycles. The van der Waals surface area contributed by atoms with E-state index in [9.17, 15) is 0 Å². The molecule has 5 heteroatoms. The van der Waals surface area contributed by atoms with Crippen LogP contribution in [0.2, 0.25) is 0 Å². The van der Waals surface area contributed by atoms with Crippen LogP contribution in [0.4, 0.5) is 0 Å².